The van der Waals surface area contributed by atoms with Crippen molar-refractivity contribution in [2.75, 3.05) is 27.2 Å². The molecule has 226 valence electrons. The normalized spacial score (nSPS) is 24.3. The van der Waals surface area contributed by atoms with Gasteiger partial charge in [0, 0.05) is 19.2 Å². The largest absolute Gasteiger partial charge is 0.461 e. The molecule has 40 heavy (non-hydrogen) atoms. The fourth-order valence-corrected chi connectivity index (χ4v) is 6.34. The standard InChI is InChI=1S/C31H52N4O5/c1-20(2)26(34(7)30(38)27(21(3)4)32-28(36)24-15-10-11-17-33(24)6)19-22(5)29(37)35-18-12-16-25(35)31(39)40-23-13-8-9-14-23/h19-21,23-27H,8-18H2,1-7H3,(H,32,36)/t24-,25+,26-,27+/m1/s1. The zero-order chi connectivity index (χ0) is 29.6. The van der Waals surface area contributed by atoms with Crippen molar-refractivity contribution in [3.05, 3.63) is 11.6 Å². The minimum absolute atomic E-state index is 0.0282. The average Bonchev–Trinajstić information content (AvgIpc) is 3.61. The molecule has 1 N–H and O–H groups in total. The van der Waals surface area contributed by atoms with Gasteiger partial charge in [0.05, 0.1) is 12.1 Å². The summed E-state index contributed by atoms with van der Waals surface area (Å²) >= 11 is 0. The zero-order valence-electron chi connectivity index (χ0n) is 25.8. The van der Waals surface area contributed by atoms with Gasteiger partial charge >= 0.3 is 5.97 Å². The molecule has 0 bridgehead atoms. The van der Waals surface area contributed by atoms with Crippen molar-refractivity contribution in [1.29, 1.82) is 0 Å². The molecule has 3 aliphatic rings. The number of amides is 3. The lowest BCUT2D eigenvalue weighted by molar-refractivity contribution is -0.157. The highest BCUT2D eigenvalue weighted by Gasteiger charge is 2.38. The molecule has 0 aromatic carbocycles. The van der Waals surface area contributed by atoms with E-state index >= 15 is 0 Å². The van der Waals surface area contributed by atoms with E-state index in [1.54, 1.807) is 23.8 Å². The molecule has 0 spiro atoms. The van der Waals surface area contributed by atoms with Crippen LogP contribution in [0, 0.1) is 11.8 Å². The number of piperidine rings is 1. The van der Waals surface area contributed by atoms with Crippen LogP contribution in [0.15, 0.2) is 11.6 Å². The lowest BCUT2D eigenvalue weighted by Crippen LogP contribution is -2.57. The maximum absolute atomic E-state index is 13.8. The van der Waals surface area contributed by atoms with E-state index in [4.69, 9.17) is 4.74 Å². The lowest BCUT2D eigenvalue weighted by atomic mass is 9.96. The molecule has 9 nitrogen and oxygen atoms in total. The second-order valence-corrected chi connectivity index (χ2v) is 12.8. The van der Waals surface area contributed by atoms with Crippen molar-refractivity contribution in [3.63, 3.8) is 0 Å². The highest BCUT2D eigenvalue weighted by atomic mass is 16.5. The van der Waals surface area contributed by atoms with Gasteiger partial charge in [0.1, 0.15) is 18.2 Å². The quantitative estimate of drug-likeness (QED) is 0.324. The Morgan fingerprint density at radius 3 is 2.10 bits per heavy atom. The van der Waals surface area contributed by atoms with E-state index in [0.29, 0.717) is 18.5 Å². The van der Waals surface area contributed by atoms with Gasteiger partial charge in [-0.2, -0.15) is 0 Å². The van der Waals surface area contributed by atoms with Crippen LogP contribution in [0.4, 0.5) is 0 Å². The summed E-state index contributed by atoms with van der Waals surface area (Å²) in [5.74, 6) is -0.815. The minimum Gasteiger partial charge on any atom is -0.461 e. The molecule has 0 radical (unpaired) electrons. The number of carbonyl (C=O) groups is 4. The van der Waals surface area contributed by atoms with Crippen molar-refractivity contribution in [3.8, 4) is 0 Å². The number of rotatable bonds is 10. The molecule has 0 aromatic rings. The number of esters is 1. The molecule has 9 heteroatoms. The summed E-state index contributed by atoms with van der Waals surface area (Å²) in [4.78, 5) is 58.7. The molecule has 0 unspecified atom stereocenters. The molecule has 0 aromatic heterocycles. The summed E-state index contributed by atoms with van der Waals surface area (Å²) < 4.78 is 5.73. The summed E-state index contributed by atoms with van der Waals surface area (Å²) in [6, 6.07) is -1.78. The Kier molecular flexibility index (Phi) is 11.6. The average molecular weight is 561 g/mol. The van der Waals surface area contributed by atoms with E-state index in [2.05, 4.69) is 10.2 Å². The maximum Gasteiger partial charge on any atom is 0.329 e. The molecule has 3 fully saturated rings. The number of likely N-dealkylation sites (N-methyl/N-ethyl adjacent to an activating group) is 2. The molecule has 3 amide bonds. The summed E-state index contributed by atoms with van der Waals surface area (Å²) in [6.07, 6.45) is 10.0. The molecule has 3 rings (SSSR count). The van der Waals surface area contributed by atoms with E-state index in [9.17, 15) is 19.2 Å². The van der Waals surface area contributed by atoms with E-state index in [-0.39, 0.29) is 53.7 Å². The van der Waals surface area contributed by atoms with Crippen LogP contribution in [-0.2, 0) is 23.9 Å². The van der Waals surface area contributed by atoms with E-state index < -0.39 is 12.1 Å². The number of nitrogens with zero attached hydrogens (tertiary/aromatic N) is 3. The molecule has 1 aliphatic carbocycles. The number of nitrogens with one attached hydrogen (secondary N) is 1. The Hall–Kier alpha value is -2.42. The molecule has 4 atom stereocenters. The molecular weight excluding hydrogens is 508 g/mol. The second kappa shape index (κ2) is 14.5. The van der Waals surface area contributed by atoms with Crippen molar-refractivity contribution in [1.82, 2.24) is 20.0 Å². The fraction of sp³-hybridized carbons (Fsp3) is 0.806. The van der Waals surface area contributed by atoms with Gasteiger partial charge in [0.15, 0.2) is 0 Å². The third-order valence-corrected chi connectivity index (χ3v) is 8.91. The van der Waals surface area contributed by atoms with Gasteiger partial charge in [0.25, 0.3) is 0 Å². The van der Waals surface area contributed by atoms with Crippen molar-refractivity contribution < 1.29 is 23.9 Å². The van der Waals surface area contributed by atoms with Gasteiger partial charge in [-0.05, 0) is 83.7 Å². The van der Waals surface area contributed by atoms with Crippen LogP contribution >= 0.6 is 0 Å². The molecule has 1 saturated carbocycles. The Morgan fingerprint density at radius 2 is 1.50 bits per heavy atom. The monoisotopic (exact) mass is 560 g/mol. The summed E-state index contributed by atoms with van der Waals surface area (Å²) in [5, 5.41) is 3.04. The third kappa shape index (κ3) is 7.86. The van der Waals surface area contributed by atoms with Crippen LogP contribution in [0.1, 0.15) is 92.4 Å². The number of likely N-dealkylation sites (tertiary alicyclic amines) is 2. The summed E-state index contributed by atoms with van der Waals surface area (Å²) in [6.45, 7) is 11.1. The Labute approximate surface area is 241 Å². The van der Waals surface area contributed by atoms with Gasteiger partial charge in [-0.15, -0.1) is 0 Å². The first kappa shape index (κ1) is 32.1. The molecule has 2 heterocycles. The first-order chi connectivity index (χ1) is 18.9. The van der Waals surface area contributed by atoms with Gasteiger partial charge < -0.3 is 19.9 Å². The zero-order valence-corrected chi connectivity index (χ0v) is 25.8. The smallest absolute Gasteiger partial charge is 0.329 e. The number of hydrogen-bond donors (Lipinski definition) is 1. The Morgan fingerprint density at radius 1 is 0.875 bits per heavy atom. The first-order valence-corrected chi connectivity index (χ1v) is 15.4. The van der Waals surface area contributed by atoms with Crippen LogP contribution in [-0.4, -0.2) is 95.8 Å². The maximum atomic E-state index is 13.8. The lowest BCUT2D eigenvalue weighted by Gasteiger charge is -2.36. The van der Waals surface area contributed by atoms with E-state index in [1.807, 2.05) is 40.8 Å². The molecule has 2 saturated heterocycles. The topological polar surface area (TPSA) is 99.3 Å². The predicted molar refractivity (Wildman–Crippen MR) is 155 cm³/mol. The number of ether oxygens (including phenoxy) is 1. The highest BCUT2D eigenvalue weighted by Crippen LogP contribution is 2.26. The van der Waals surface area contributed by atoms with Gasteiger partial charge in [-0.3, -0.25) is 19.3 Å². The second-order valence-electron chi connectivity index (χ2n) is 12.8. The number of hydrogen-bond acceptors (Lipinski definition) is 6. The van der Waals surface area contributed by atoms with Gasteiger partial charge in [0.2, 0.25) is 17.7 Å². The summed E-state index contributed by atoms with van der Waals surface area (Å²) in [5.41, 5.74) is 0.507. The molecule has 2 aliphatic heterocycles. The minimum atomic E-state index is -0.660. The van der Waals surface area contributed by atoms with Crippen LogP contribution in [0.3, 0.4) is 0 Å². The van der Waals surface area contributed by atoms with E-state index in [1.165, 1.54) is 0 Å². The number of carbonyl (C=O) groups excluding carboxylic acids is 4. The van der Waals surface area contributed by atoms with Crippen LogP contribution < -0.4 is 5.32 Å². The van der Waals surface area contributed by atoms with Crippen LogP contribution in [0.25, 0.3) is 0 Å². The van der Waals surface area contributed by atoms with E-state index in [0.717, 1.165) is 57.9 Å². The Bertz CT molecular complexity index is 942. The van der Waals surface area contributed by atoms with Crippen molar-refractivity contribution in [2.24, 2.45) is 11.8 Å². The highest BCUT2D eigenvalue weighted by molar-refractivity contribution is 5.96. The molecular formula is C31H52N4O5. The first-order valence-electron chi connectivity index (χ1n) is 15.4. The van der Waals surface area contributed by atoms with Crippen molar-refractivity contribution in [2.45, 2.75) is 123 Å². The Balaban J connectivity index is 1.70. The summed E-state index contributed by atoms with van der Waals surface area (Å²) in [7, 11) is 3.70. The van der Waals surface area contributed by atoms with Gasteiger partial charge in [-0.25, -0.2) is 4.79 Å². The van der Waals surface area contributed by atoms with Crippen molar-refractivity contribution >= 4 is 23.7 Å². The van der Waals surface area contributed by atoms with Gasteiger partial charge in [-0.1, -0.05) is 40.2 Å². The van der Waals surface area contributed by atoms with Crippen LogP contribution in [0.2, 0.25) is 0 Å². The SMILES string of the molecule is CC(=C[C@H](C(C)C)N(C)C(=O)[C@@H](NC(=O)[C@H]1CCCCN1C)C(C)C)C(=O)N1CCC[C@H]1C(=O)OC1CCCC1. The predicted octanol–water partition coefficient (Wildman–Crippen LogP) is 3.52. The fourth-order valence-electron chi connectivity index (χ4n) is 6.34. The van der Waals surface area contributed by atoms with Crippen LogP contribution in [0.5, 0.6) is 0 Å². The third-order valence-electron chi connectivity index (χ3n) is 8.91.